The van der Waals surface area contributed by atoms with Crippen LogP contribution in [0, 0.1) is 0 Å². The standard InChI is InChI=1S/C16H16F3N3O4S/c1-10(11-2-5-13(6-3-11)27(20,24)25)22-15(23)12-4-7-14(21-8-12)26-9-16(17,18)19/h2-8,10H,9H2,1H3,(H,22,23)(H2,20,24,25)/t10-/m0/s1. The van der Waals surface area contributed by atoms with E-state index >= 15 is 0 Å². The van der Waals surface area contributed by atoms with Gasteiger partial charge < -0.3 is 10.1 Å². The second-order valence-electron chi connectivity index (χ2n) is 5.60. The molecule has 0 saturated heterocycles. The maximum absolute atomic E-state index is 12.2. The van der Waals surface area contributed by atoms with Crippen molar-refractivity contribution in [1.82, 2.24) is 10.3 Å². The molecular formula is C16H16F3N3O4S. The van der Waals surface area contributed by atoms with Crippen molar-refractivity contribution in [2.24, 2.45) is 5.14 Å². The van der Waals surface area contributed by atoms with Crippen LogP contribution in [0.25, 0.3) is 0 Å². The SMILES string of the molecule is C[C@H](NC(=O)c1ccc(OCC(F)(F)F)nc1)c1ccc(S(N)(=O)=O)cc1. The van der Waals surface area contributed by atoms with Gasteiger partial charge >= 0.3 is 6.18 Å². The molecule has 1 heterocycles. The maximum Gasteiger partial charge on any atom is 0.422 e. The molecule has 2 rings (SSSR count). The predicted octanol–water partition coefficient (Wildman–Crippen LogP) is 2.16. The lowest BCUT2D eigenvalue weighted by Crippen LogP contribution is -2.27. The number of rotatable bonds is 6. The highest BCUT2D eigenvalue weighted by Gasteiger charge is 2.28. The van der Waals surface area contributed by atoms with Crippen molar-refractivity contribution in [2.75, 3.05) is 6.61 Å². The van der Waals surface area contributed by atoms with Crippen LogP contribution in [-0.4, -0.2) is 32.1 Å². The van der Waals surface area contributed by atoms with Crippen LogP contribution in [-0.2, 0) is 10.0 Å². The molecule has 0 radical (unpaired) electrons. The van der Waals surface area contributed by atoms with Gasteiger partial charge in [-0.3, -0.25) is 4.79 Å². The summed E-state index contributed by atoms with van der Waals surface area (Å²) in [6.07, 6.45) is -3.39. The monoisotopic (exact) mass is 403 g/mol. The van der Waals surface area contributed by atoms with E-state index in [1.54, 1.807) is 6.92 Å². The Kier molecular flexibility index (Phi) is 6.06. The number of halogens is 3. The average molecular weight is 403 g/mol. The molecular weight excluding hydrogens is 387 g/mol. The molecule has 0 fully saturated rings. The number of amides is 1. The first-order valence-corrected chi connectivity index (χ1v) is 9.09. The van der Waals surface area contributed by atoms with Crippen LogP contribution in [0.1, 0.15) is 28.9 Å². The second-order valence-corrected chi connectivity index (χ2v) is 7.16. The Hall–Kier alpha value is -2.66. The van der Waals surface area contributed by atoms with Gasteiger partial charge in [0.2, 0.25) is 15.9 Å². The lowest BCUT2D eigenvalue weighted by Gasteiger charge is -2.15. The zero-order valence-electron chi connectivity index (χ0n) is 14.0. The Morgan fingerprint density at radius 1 is 1.22 bits per heavy atom. The molecule has 27 heavy (non-hydrogen) atoms. The number of carbonyl (C=O) groups excluding carboxylic acids is 1. The summed E-state index contributed by atoms with van der Waals surface area (Å²) in [6, 6.07) is 7.64. The van der Waals surface area contributed by atoms with Crippen LogP contribution in [0.15, 0.2) is 47.5 Å². The van der Waals surface area contributed by atoms with E-state index in [1.165, 1.54) is 30.3 Å². The van der Waals surface area contributed by atoms with E-state index in [0.717, 1.165) is 12.3 Å². The first kappa shape index (κ1) is 20.6. The molecule has 1 aromatic carbocycles. The Labute approximate surface area is 153 Å². The van der Waals surface area contributed by atoms with Gasteiger partial charge in [-0.05, 0) is 30.7 Å². The summed E-state index contributed by atoms with van der Waals surface area (Å²) in [5, 5.41) is 7.69. The average Bonchev–Trinajstić information content (AvgIpc) is 2.59. The zero-order chi connectivity index (χ0) is 20.2. The number of nitrogens with zero attached hydrogens (tertiary/aromatic N) is 1. The zero-order valence-corrected chi connectivity index (χ0v) is 14.8. The summed E-state index contributed by atoms with van der Waals surface area (Å²) >= 11 is 0. The van der Waals surface area contributed by atoms with Crippen molar-refractivity contribution in [3.05, 3.63) is 53.7 Å². The summed E-state index contributed by atoms with van der Waals surface area (Å²) in [7, 11) is -3.81. The lowest BCUT2D eigenvalue weighted by atomic mass is 10.1. The highest BCUT2D eigenvalue weighted by Crippen LogP contribution is 2.18. The third-order valence-corrected chi connectivity index (χ3v) is 4.37. The number of nitrogens with one attached hydrogen (secondary N) is 1. The molecule has 0 bridgehead atoms. The minimum atomic E-state index is -4.48. The number of sulfonamides is 1. The van der Waals surface area contributed by atoms with E-state index in [0.29, 0.717) is 5.56 Å². The highest BCUT2D eigenvalue weighted by molar-refractivity contribution is 7.89. The molecule has 146 valence electrons. The molecule has 0 spiro atoms. The van der Waals surface area contributed by atoms with Crippen LogP contribution in [0.3, 0.4) is 0 Å². The predicted molar refractivity (Wildman–Crippen MR) is 89.5 cm³/mol. The molecule has 0 unspecified atom stereocenters. The van der Waals surface area contributed by atoms with Gasteiger partial charge in [0.25, 0.3) is 5.91 Å². The fraction of sp³-hybridized carbons (Fsp3) is 0.250. The van der Waals surface area contributed by atoms with Gasteiger partial charge in [0.05, 0.1) is 16.5 Å². The molecule has 7 nitrogen and oxygen atoms in total. The summed E-state index contributed by atoms with van der Waals surface area (Å²) in [6.45, 7) is 0.204. The van der Waals surface area contributed by atoms with Crippen LogP contribution < -0.4 is 15.2 Å². The first-order chi connectivity index (χ1) is 12.5. The number of benzene rings is 1. The van der Waals surface area contributed by atoms with Gasteiger partial charge in [-0.2, -0.15) is 13.2 Å². The van der Waals surface area contributed by atoms with E-state index in [9.17, 15) is 26.4 Å². The molecule has 1 aromatic heterocycles. The number of hydrogen-bond donors (Lipinski definition) is 2. The van der Waals surface area contributed by atoms with Gasteiger partial charge in [0.1, 0.15) is 0 Å². The lowest BCUT2D eigenvalue weighted by molar-refractivity contribution is -0.154. The number of ether oxygens (including phenoxy) is 1. The Bertz CT molecular complexity index is 898. The number of primary sulfonamides is 1. The highest BCUT2D eigenvalue weighted by atomic mass is 32.2. The van der Waals surface area contributed by atoms with Crippen molar-refractivity contribution in [3.63, 3.8) is 0 Å². The van der Waals surface area contributed by atoms with Crippen molar-refractivity contribution in [1.29, 1.82) is 0 Å². The van der Waals surface area contributed by atoms with E-state index in [2.05, 4.69) is 15.0 Å². The van der Waals surface area contributed by atoms with E-state index in [1.807, 2.05) is 0 Å². The summed E-state index contributed by atoms with van der Waals surface area (Å²) < 4.78 is 63.2. The van der Waals surface area contributed by atoms with Gasteiger partial charge in [0.15, 0.2) is 6.61 Å². The topological polar surface area (TPSA) is 111 Å². The van der Waals surface area contributed by atoms with Gasteiger partial charge in [-0.15, -0.1) is 0 Å². The number of nitrogens with two attached hydrogens (primary N) is 1. The largest absolute Gasteiger partial charge is 0.468 e. The quantitative estimate of drug-likeness (QED) is 0.768. The van der Waals surface area contributed by atoms with Crippen molar-refractivity contribution < 1.29 is 31.1 Å². The molecule has 1 atom stereocenters. The van der Waals surface area contributed by atoms with E-state index in [-0.39, 0.29) is 16.3 Å². The molecule has 0 aliphatic heterocycles. The van der Waals surface area contributed by atoms with Crippen molar-refractivity contribution in [2.45, 2.75) is 24.0 Å². The van der Waals surface area contributed by atoms with Crippen LogP contribution in [0.2, 0.25) is 0 Å². The number of aromatic nitrogens is 1. The minimum absolute atomic E-state index is 0.0524. The maximum atomic E-state index is 12.2. The van der Waals surface area contributed by atoms with Crippen LogP contribution in [0.5, 0.6) is 5.88 Å². The van der Waals surface area contributed by atoms with Crippen molar-refractivity contribution in [3.8, 4) is 5.88 Å². The fourth-order valence-electron chi connectivity index (χ4n) is 2.07. The molecule has 11 heteroatoms. The van der Waals surface area contributed by atoms with Crippen LogP contribution >= 0.6 is 0 Å². The molecule has 3 N–H and O–H groups in total. The minimum Gasteiger partial charge on any atom is -0.468 e. The fourth-order valence-corrected chi connectivity index (χ4v) is 2.58. The number of hydrogen-bond acceptors (Lipinski definition) is 5. The third-order valence-electron chi connectivity index (χ3n) is 3.44. The molecule has 1 amide bonds. The number of pyridine rings is 1. The van der Waals surface area contributed by atoms with E-state index < -0.39 is 34.8 Å². The van der Waals surface area contributed by atoms with Gasteiger partial charge in [-0.25, -0.2) is 18.5 Å². The molecule has 0 aliphatic rings. The first-order valence-electron chi connectivity index (χ1n) is 7.55. The number of alkyl halides is 3. The summed E-state index contributed by atoms with van der Waals surface area (Å²) in [5.74, 6) is -0.761. The smallest absolute Gasteiger partial charge is 0.422 e. The van der Waals surface area contributed by atoms with Crippen LogP contribution in [0.4, 0.5) is 13.2 Å². The Morgan fingerprint density at radius 3 is 2.33 bits per heavy atom. The Morgan fingerprint density at radius 2 is 1.85 bits per heavy atom. The van der Waals surface area contributed by atoms with Gasteiger partial charge in [-0.1, -0.05) is 12.1 Å². The second kappa shape index (κ2) is 7.92. The van der Waals surface area contributed by atoms with Gasteiger partial charge in [0, 0.05) is 12.3 Å². The number of carbonyl (C=O) groups is 1. The molecule has 2 aromatic rings. The third kappa shape index (κ3) is 6.22. The van der Waals surface area contributed by atoms with Crippen molar-refractivity contribution >= 4 is 15.9 Å². The van der Waals surface area contributed by atoms with E-state index in [4.69, 9.17) is 5.14 Å². The Balaban J connectivity index is 1.99. The summed E-state index contributed by atoms with van der Waals surface area (Å²) in [4.78, 5) is 15.8. The summed E-state index contributed by atoms with van der Waals surface area (Å²) in [5.41, 5.74) is 0.760. The molecule has 0 saturated carbocycles. The molecule has 0 aliphatic carbocycles. The normalized spacial score (nSPS) is 13.1.